The Morgan fingerprint density at radius 2 is 2.10 bits per heavy atom. The molecular formula is C13H14F2N2O4. The largest absolute Gasteiger partial charge is 0.386 e. The van der Waals surface area contributed by atoms with Gasteiger partial charge in [0.15, 0.2) is 0 Å². The van der Waals surface area contributed by atoms with Crippen molar-refractivity contribution in [3.8, 4) is 0 Å². The van der Waals surface area contributed by atoms with E-state index in [9.17, 15) is 28.8 Å². The molecule has 1 fully saturated rings. The Hall–Kier alpha value is -2.09. The summed E-state index contributed by atoms with van der Waals surface area (Å²) in [5.74, 6) is -3.64. The molecule has 0 aromatic heterocycles. The Morgan fingerprint density at radius 1 is 1.48 bits per heavy atom. The van der Waals surface area contributed by atoms with Crippen LogP contribution in [0.15, 0.2) is 12.1 Å². The van der Waals surface area contributed by atoms with Crippen LogP contribution in [0.5, 0.6) is 0 Å². The number of β-amino-alcohol motifs (C(OH)–C–C–N with tert-alkyl or cyclic N) is 1. The van der Waals surface area contributed by atoms with Crippen LogP contribution in [-0.4, -0.2) is 39.5 Å². The molecule has 0 saturated carbocycles. The number of halogens is 2. The molecule has 1 N–H and O–H groups in total. The maximum absolute atomic E-state index is 13.9. The van der Waals surface area contributed by atoms with Gasteiger partial charge in [0.1, 0.15) is 11.4 Å². The molecule has 114 valence electrons. The summed E-state index contributed by atoms with van der Waals surface area (Å²) in [4.78, 5) is 22.7. The van der Waals surface area contributed by atoms with E-state index in [1.807, 2.05) is 6.92 Å². The highest BCUT2D eigenvalue weighted by atomic mass is 19.1. The van der Waals surface area contributed by atoms with Crippen molar-refractivity contribution in [3.63, 3.8) is 0 Å². The van der Waals surface area contributed by atoms with Crippen molar-refractivity contribution in [1.29, 1.82) is 0 Å². The summed E-state index contributed by atoms with van der Waals surface area (Å²) < 4.78 is 27.5. The van der Waals surface area contributed by atoms with E-state index >= 15 is 0 Å². The molecule has 1 amide bonds. The summed E-state index contributed by atoms with van der Waals surface area (Å²) in [5.41, 5.74) is -2.95. The van der Waals surface area contributed by atoms with E-state index in [2.05, 4.69) is 0 Å². The van der Waals surface area contributed by atoms with Crippen LogP contribution in [0.2, 0.25) is 0 Å². The molecule has 0 bridgehead atoms. The molecule has 1 aliphatic heterocycles. The van der Waals surface area contributed by atoms with Crippen molar-refractivity contribution in [3.05, 3.63) is 39.4 Å². The lowest BCUT2D eigenvalue weighted by Gasteiger charge is -2.46. The summed E-state index contributed by atoms with van der Waals surface area (Å²) in [5, 5.41) is 20.6. The van der Waals surface area contributed by atoms with E-state index in [0.29, 0.717) is 25.0 Å². The molecule has 1 aliphatic rings. The van der Waals surface area contributed by atoms with Crippen molar-refractivity contribution in [2.24, 2.45) is 0 Å². The minimum atomic E-state index is -1.49. The Balaban J connectivity index is 2.25. The van der Waals surface area contributed by atoms with Crippen LogP contribution in [-0.2, 0) is 0 Å². The topological polar surface area (TPSA) is 83.7 Å². The van der Waals surface area contributed by atoms with Gasteiger partial charge in [-0.25, -0.2) is 4.39 Å². The second-order valence-electron chi connectivity index (χ2n) is 5.15. The smallest absolute Gasteiger partial charge is 0.305 e. The number of likely N-dealkylation sites (tertiary alicyclic amines) is 1. The summed E-state index contributed by atoms with van der Waals surface area (Å²) in [6, 6.07) is 1.36. The zero-order valence-electron chi connectivity index (χ0n) is 11.3. The number of nitrogens with zero attached hydrogens (tertiary/aromatic N) is 2. The standard InChI is InChI=1S/C13H14F2N2O4/c1-2-5-13(19)6-16(7-13)12(18)10-8(14)3-4-9(11(10)15)17(20)21/h3-4,19H,2,5-7H2,1H3. The van der Waals surface area contributed by atoms with Crippen molar-refractivity contribution in [2.45, 2.75) is 25.4 Å². The maximum Gasteiger partial charge on any atom is 0.305 e. The fourth-order valence-corrected chi connectivity index (χ4v) is 2.47. The van der Waals surface area contributed by atoms with Gasteiger partial charge in [0.25, 0.3) is 5.91 Å². The average molecular weight is 300 g/mol. The van der Waals surface area contributed by atoms with Crippen LogP contribution in [0.3, 0.4) is 0 Å². The van der Waals surface area contributed by atoms with Crippen LogP contribution < -0.4 is 0 Å². The first-order chi connectivity index (χ1) is 9.79. The summed E-state index contributed by atoms with van der Waals surface area (Å²) in [6.45, 7) is 1.78. The van der Waals surface area contributed by atoms with Gasteiger partial charge in [-0.05, 0) is 12.5 Å². The Labute approximate surface area is 119 Å². The molecule has 1 aromatic rings. The molecule has 0 spiro atoms. The lowest BCUT2D eigenvalue weighted by molar-refractivity contribution is -0.387. The average Bonchev–Trinajstić information content (AvgIpc) is 2.35. The van der Waals surface area contributed by atoms with Gasteiger partial charge < -0.3 is 10.0 Å². The molecule has 1 saturated heterocycles. The number of hydrogen-bond donors (Lipinski definition) is 1. The quantitative estimate of drug-likeness (QED) is 0.679. The van der Waals surface area contributed by atoms with E-state index < -0.39 is 39.3 Å². The number of carbonyl (C=O) groups is 1. The van der Waals surface area contributed by atoms with Crippen LogP contribution >= 0.6 is 0 Å². The number of hydrogen-bond acceptors (Lipinski definition) is 4. The van der Waals surface area contributed by atoms with E-state index in [4.69, 9.17) is 0 Å². The van der Waals surface area contributed by atoms with E-state index in [1.165, 1.54) is 0 Å². The van der Waals surface area contributed by atoms with Gasteiger partial charge in [0, 0.05) is 6.07 Å². The third-order valence-electron chi connectivity index (χ3n) is 3.45. The van der Waals surface area contributed by atoms with Crippen molar-refractivity contribution >= 4 is 11.6 Å². The molecule has 0 aliphatic carbocycles. The number of carbonyl (C=O) groups excluding carboxylic acids is 1. The first kappa shape index (κ1) is 15.3. The minimum absolute atomic E-state index is 0.0404. The highest BCUT2D eigenvalue weighted by molar-refractivity contribution is 5.96. The van der Waals surface area contributed by atoms with Crippen molar-refractivity contribution in [2.75, 3.05) is 13.1 Å². The molecule has 2 rings (SSSR count). The second kappa shape index (κ2) is 5.36. The summed E-state index contributed by atoms with van der Waals surface area (Å²) in [7, 11) is 0. The number of rotatable bonds is 4. The minimum Gasteiger partial charge on any atom is -0.386 e. The third kappa shape index (κ3) is 2.71. The van der Waals surface area contributed by atoms with Gasteiger partial charge in [-0.2, -0.15) is 4.39 Å². The predicted molar refractivity (Wildman–Crippen MR) is 68.8 cm³/mol. The monoisotopic (exact) mass is 300 g/mol. The molecule has 0 atom stereocenters. The molecule has 0 unspecified atom stereocenters. The van der Waals surface area contributed by atoms with Crippen LogP contribution in [0.25, 0.3) is 0 Å². The normalized spacial score (nSPS) is 16.5. The molecule has 8 heteroatoms. The van der Waals surface area contributed by atoms with Crippen LogP contribution in [0, 0.1) is 21.7 Å². The molecule has 21 heavy (non-hydrogen) atoms. The van der Waals surface area contributed by atoms with Gasteiger partial charge >= 0.3 is 5.69 Å². The SMILES string of the molecule is CCCC1(O)CN(C(=O)c2c(F)ccc([N+](=O)[O-])c2F)C1. The van der Waals surface area contributed by atoms with Crippen LogP contribution in [0.4, 0.5) is 14.5 Å². The fraction of sp³-hybridized carbons (Fsp3) is 0.462. The summed E-state index contributed by atoms with van der Waals surface area (Å²) >= 11 is 0. The van der Waals surface area contributed by atoms with Crippen molar-refractivity contribution < 1.29 is 23.6 Å². The molecule has 1 heterocycles. The van der Waals surface area contributed by atoms with Gasteiger partial charge in [0.2, 0.25) is 5.82 Å². The molecule has 1 aromatic carbocycles. The van der Waals surface area contributed by atoms with E-state index in [-0.39, 0.29) is 13.1 Å². The van der Waals surface area contributed by atoms with Gasteiger partial charge in [0.05, 0.1) is 23.6 Å². The lowest BCUT2D eigenvalue weighted by atomic mass is 9.88. The van der Waals surface area contributed by atoms with Gasteiger partial charge in [-0.15, -0.1) is 0 Å². The molecular weight excluding hydrogens is 286 g/mol. The van der Waals surface area contributed by atoms with Crippen LogP contribution in [0.1, 0.15) is 30.1 Å². The summed E-state index contributed by atoms with van der Waals surface area (Å²) in [6.07, 6.45) is 1.18. The number of nitro groups is 1. The number of amides is 1. The molecule has 6 nitrogen and oxygen atoms in total. The maximum atomic E-state index is 13.9. The number of benzene rings is 1. The lowest BCUT2D eigenvalue weighted by Crippen LogP contribution is -2.63. The zero-order valence-corrected chi connectivity index (χ0v) is 11.3. The number of aliphatic hydroxyl groups is 1. The Kier molecular flexibility index (Phi) is 3.91. The van der Waals surface area contributed by atoms with E-state index in [1.54, 1.807) is 0 Å². The first-order valence-corrected chi connectivity index (χ1v) is 6.43. The Morgan fingerprint density at radius 3 is 2.62 bits per heavy atom. The predicted octanol–water partition coefficient (Wildman–Crippen LogP) is 1.86. The third-order valence-corrected chi connectivity index (χ3v) is 3.45. The van der Waals surface area contributed by atoms with Crippen molar-refractivity contribution in [1.82, 2.24) is 4.90 Å². The fourth-order valence-electron chi connectivity index (χ4n) is 2.47. The van der Waals surface area contributed by atoms with Gasteiger partial charge in [-0.3, -0.25) is 14.9 Å². The highest BCUT2D eigenvalue weighted by Crippen LogP contribution is 2.30. The van der Waals surface area contributed by atoms with Gasteiger partial charge in [-0.1, -0.05) is 13.3 Å². The first-order valence-electron chi connectivity index (χ1n) is 6.43. The number of nitro benzene ring substituents is 1. The van der Waals surface area contributed by atoms with E-state index in [0.717, 1.165) is 4.90 Å². The second-order valence-corrected chi connectivity index (χ2v) is 5.15. The zero-order chi connectivity index (χ0) is 15.8. The highest BCUT2D eigenvalue weighted by Gasteiger charge is 2.44. The molecule has 0 radical (unpaired) electrons. The Bertz CT molecular complexity index is 600.